The highest BCUT2D eigenvalue weighted by molar-refractivity contribution is 14.1. The number of hydrogen-bond donors (Lipinski definition) is 1. The molecule has 1 fully saturated rings. The van der Waals surface area contributed by atoms with Crippen LogP contribution in [0.4, 0.5) is 0 Å². The van der Waals surface area contributed by atoms with Crippen LogP contribution in [-0.4, -0.2) is 11.4 Å². The number of hydrogen-bond acceptors (Lipinski definition) is 3. The molecule has 1 heterocycles. The largest absolute Gasteiger partial charge is 0.334 e. The van der Waals surface area contributed by atoms with Crippen LogP contribution in [0.2, 0.25) is 0 Å². The van der Waals surface area contributed by atoms with Crippen molar-refractivity contribution in [1.82, 2.24) is 5.32 Å². The Hall–Kier alpha value is -0.610. The summed E-state index contributed by atoms with van der Waals surface area (Å²) in [6.07, 6.45) is 3.54. The minimum absolute atomic E-state index is 0.120. The van der Waals surface area contributed by atoms with E-state index in [0.29, 0.717) is 11.5 Å². The average Bonchev–Trinajstić information content (AvgIpc) is 2.79. The third-order valence-electron chi connectivity index (χ3n) is 3.52. The molecule has 0 spiro atoms. The van der Waals surface area contributed by atoms with E-state index in [9.17, 15) is 10.1 Å². The molecule has 1 aromatic heterocycles. The van der Waals surface area contributed by atoms with Gasteiger partial charge < -0.3 is 5.32 Å². The van der Waals surface area contributed by atoms with E-state index < -0.39 is 5.54 Å². The molecule has 0 bridgehead atoms. The SMILES string of the molecule is CC1CCC(C#N)(NC(=O)c2csc(I)c2)CC1. The second-order valence-electron chi connectivity index (χ2n) is 4.97. The average molecular weight is 374 g/mol. The number of nitrogens with one attached hydrogen (secondary N) is 1. The fraction of sp³-hybridized carbons (Fsp3) is 0.538. The van der Waals surface area contributed by atoms with Crippen LogP contribution in [0.5, 0.6) is 0 Å². The van der Waals surface area contributed by atoms with Crippen molar-refractivity contribution in [2.24, 2.45) is 5.92 Å². The Morgan fingerprint density at radius 3 is 2.78 bits per heavy atom. The lowest BCUT2D eigenvalue weighted by Crippen LogP contribution is -2.49. The van der Waals surface area contributed by atoms with E-state index >= 15 is 0 Å². The summed E-state index contributed by atoms with van der Waals surface area (Å²) in [7, 11) is 0. The van der Waals surface area contributed by atoms with Crippen LogP contribution < -0.4 is 5.32 Å². The first-order chi connectivity index (χ1) is 8.54. The van der Waals surface area contributed by atoms with Crippen LogP contribution in [0, 0.1) is 20.1 Å². The molecular formula is C13H15IN2OS. The summed E-state index contributed by atoms with van der Waals surface area (Å²) < 4.78 is 1.08. The molecule has 18 heavy (non-hydrogen) atoms. The van der Waals surface area contributed by atoms with E-state index in [0.717, 1.165) is 28.6 Å². The lowest BCUT2D eigenvalue weighted by Gasteiger charge is -2.34. The molecule has 0 saturated heterocycles. The summed E-state index contributed by atoms with van der Waals surface area (Å²) in [5.41, 5.74) is 0.00870. The van der Waals surface area contributed by atoms with E-state index in [1.807, 2.05) is 11.4 Å². The van der Waals surface area contributed by atoms with Gasteiger partial charge in [0.05, 0.1) is 14.5 Å². The van der Waals surface area contributed by atoms with Crippen molar-refractivity contribution < 1.29 is 4.79 Å². The Balaban J connectivity index is 2.07. The van der Waals surface area contributed by atoms with Crippen molar-refractivity contribution in [2.75, 3.05) is 0 Å². The monoisotopic (exact) mass is 374 g/mol. The van der Waals surface area contributed by atoms with Gasteiger partial charge in [-0.2, -0.15) is 5.26 Å². The van der Waals surface area contributed by atoms with Gasteiger partial charge in [-0.25, -0.2) is 0 Å². The summed E-state index contributed by atoms with van der Waals surface area (Å²) in [6, 6.07) is 4.17. The van der Waals surface area contributed by atoms with Crippen molar-refractivity contribution in [3.63, 3.8) is 0 Å². The molecule has 0 aromatic carbocycles. The summed E-state index contributed by atoms with van der Waals surface area (Å²) >= 11 is 3.74. The van der Waals surface area contributed by atoms with E-state index in [1.165, 1.54) is 0 Å². The van der Waals surface area contributed by atoms with Crippen LogP contribution in [0.3, 0.4) is 0 Å². The molecule has 1 saturated carbocycles. The number of amides is 1. The van der Waals surface area contributed by atoms with Crippen LogP contribution >= 0.6 is 33.9 Å². The molecule has 1 aliphatic carbocycles. The molecule has 1 aliphatic rings. The summed E-state index contributed by atoms with van der Waals surface area (Å²) in [5, 5.41) is 14.1. The zero-order chi connectivity index (χ0) is 13.2. The molecule has 0 aliphatic heterocycles. The van der Waals surface area contributed by atoms with Gasteiger partial charge in [-0.05, 0) is 60.3 Å². The predicted molar refractivity (Wildman–Crippen MR) is 80.5 cm³/mol. The fourth-order valence-electron chi connectivity index (χ4n) is 2.24. The smallest absolute Gasteiger partial charge is 0.253 e. The lowest BCUT2D eigenvalue weighted by atomic mass is 9.78. The van der Waals surface area contributed by atoms with E-state index in [4.69, 9.17) is 0 Å². The molecule has 1 aromatic rings. The van der Waals surface area contributed by atoms with Crippen LogP contribution in [0.25, 0.3) is 0 Å². The van der Waals surface area contributed by atoms with Gasteiger partial charge in [-0.3, -0.25) is 4.79 Å². The number of thiophene rings is 1. The van der Waals surface area contributed by atoms with Crippen LogP contribution in [-0.2, 0) is 0 Å². The molecule has 0 radical (unpaired) electrons. The number of nitrogens with zero attached hydrogens (tertiary/aromatic N) is 1. The van der Waals surface area contributed by atoms with E-state index in [-0.39, 0.29) is 5.91 Å². The maximum absolute atomic E-state index is 12.1. The predicted octanol–water partition coefficient (Wildman–Crippen LogP) is 3.55. The van der Waals surface area contributed by atoms with Crippen LogP contribution in [0.15, 0.2) is 11.4 Å². The molecule has 1 amide bonds. The second kappa shape index (κ2) is 5.57. The van der Waals surface area contributed by atoms with Gasteiger partial charge in [0.15, 0.2) is 0 Å². The minimum Gasteiger partial charge on any atom is -0.334 e. The van der Waals surface area contributed by atoms with Gasteiger partial charge in [0.2, 0.25) is 0 Å². The van der Waals surface area contributed by atoms with Crippen molar-refractivity contribution in [2.45, 2.75) is 38.1 Å². The van der Waals surface area contributed by atoms with Crippen molar-refractivity contribution in [1.29, 1.82) is 5.26 Å². The summed E-state index contributed by atoms with van der Waals surface area (Å²) in [6.45, 7) is 2.20. The molecule has 96 valence electrons. The van der Waals surface area contributed by atoms with Gasteiger partial charge in [0.1, 0.15) is 5.54 Å². The third kappa shape index (κ3) is 3.04. The number of halogens is 1. The summed E-state index contributed by atoms with van der Waals surface area (Å²) in [4.78, 5) is 12.1. The zero-order valence-electron chi connectivity index (χ0n) is 10.2. The molecule has 0 atom stereocenters. The number of nitriles is 1. The molecule has 3 nitrogen and oxygen atoms in total. The molecular weight excluding hydrogens is 359 g/mol. The highest BCUT2D eigenvalue weighted by atomic mass is 127. The first-order valence-electron chi connectivity index (χ1n) is 6.02. The first-order valence-corrected chi connectivity index (χ1v) is 7.98. The highest BCUT2D eigenvalue weighted by Crippen LogP contribution is 2.31. The number of rotatable bonds is 2. The first kappa shape index (κ1) is 13.8. The Kier molecular flexibility index (Phi) is 4.28. The maximum Gasteiger partial charge on any atom is 0.253 e. The van der Waals surface area contributed by atoms with Crippen molar-refractivity contribution in [3.05, 3.63) is 19.9 Å². The lowest BCUT2D eigenvalue weighted by molar-refractivity contribution is 0.0894. The van der Waals surface area contributed by atoms with Gasteiger partial charge in [0.25, 0.3) is 5.91 Å². The standard InChI is InChI=1S/C13H15IN2OS/c1-9-2-4-13(8-15,5-3-9)16-12(17)10-6-11(14)18-7-10/h6-7,9H,2-5H2,1H3,(H,16,17). The summed E-state index contributed by atoms with van der Waals surface area (Å²) in [5.74, 6) is 0.538. The number of carbonyl (C=O) groups is 1. The van der Waals surface area contributed by atoms with Gasteiger partial charge in [-0.1, -0.05) is 6.92 Å². The normalized spacial score (nSPS) is 27.5. The van der Waals surface area contributed by atoms with Crippen LogP contribution in [0.1, 0.15) is 43.0 Å². The fourth-order valence-corrected chi connectivity index (χ4v) is 3.56. The van der Waals surface area contributed by atoms with Gasteiger partial charge in [0, 0.05) is 5.38 Å². The Morgan fingerprint density at radius 2 is 2.28 bits per heavy atom. The van der Waals surface area contributed by atoms with Crippen molar-refractivity contribution >= 4 is 39.8 Å². The van der Waals surface area contributed by atoms with Crippen molar-refractivity contribution in [3.8, 4) is 6.07 Å². The third-order valence-corrected chi connectivity index (χ3v) is 5.31. The number of carbonyl (C=O) groups excluding carboxylic acids is 1. The molecule has 2 rings (SSSR count). The minimum atomic E-state index is -0.656. The molecule has 1 N–H and O–H groups in total. The zero-order valence-corrected chi connectivity index (χ0v) is 13.2. The maximum atomic E-state index is 12.1. The molecule has 0 unspecified atom stereocenters. The van der Waals surface area contributed by atoms with Gasteiger partial charge in [-0.15, -0.1) is 11.3 Å². The quantitative estimate of drug-likeness (QED) is 0.805. The van der Waals surface area contributed by atoms with E-state index in [1.54, 1.807) is 11.3 Å². The Bertz CT molecular complexity index is 483. The van der Waals surface area contributed by atoms with Gasteiger partial charge >= 0.3 is 0 Å². The highest BCUT2D eigenvalue weighted by Gasteiger charge is 2.35. The Morgan fingerprint density at radius 1 is 1.61 bits per heavy atom. The topological polar surface area (TPSA) is 52.9 Å². The molecule has 5 heteroatoms. The second-order valence-corrected chi connectivity index (χ2v) is 7.78. The Labute approximate surface area is 125 Å². The van der Waals surface area contributed by atoms with E-state index in [2.05, 4.69) is 40.9 Å².